The molecule has 1 aromatic heterocycles. The van der Waals surface area contributed by atoms with E-state index in [1.165, 1.54) is 64.0 Å². The summed E-state index contributed by atoms with van der Waals surface area (Å²) in [6.45, 7) is 8.31. The van der Waals surface area contributed by atoms with Crippen LogP contribution in [-0.2, 0) is 6.54 Å². The third kappa shape index (κ3) is 8.62. The number of rotatable bonds is 8. The molecule has 1 atom stereocenters. The van der Waals surface area contributed by atoms with Crippen molar-refractivity contribution in [3.05, 3.63) is 89.1 Å². The second kappa shape index (κ2) is 13.5. The molecule has 33 heavy (non-hydrogen) atoms. The number of benzene rings is 2. The first-order chi connectivity index (χ1) is 16.3. The van der Waals surface area contributed by atoms with Crippen LogP contribution < -0.4 is 4.74 Å². The lowest BCUT2D eigenvalue weighted by molar-refractivity contribution is 0.145. The van der Waals surface area contributed by atoms with Gasteiger partial charge in [0.15, 0.2) is 0 Å². The van der Waals surface area contributed by atoms with Crippen LogP contribution in [0.25, 0.3) is 0 Å². The van der Waals surface area contributed by atoms with Crippen LogP contribution in [0, 0.1) is 11.8 Å². The van der Waals surface area contributed by atoms with Crippen molar-refractivity contribution >= 4 is 11.3 Å². The van der Waals surface area contributed by atoms with Gasteiger partial charge in [0.2, 0.25) is 0 Å². The third-order valence-corrected chi connectivity index (χ3v) is 7.43. The maximum atomic E-state index is 5.88. The van der Waals surface area contributed by atoms with Gasteiger partial charge in [-0.25, -0.2) is 0 Å². The van der Waals surface area contributed by atoms with Gasteiger partial charge in [0.25, 0.3) is 0 Å². The van der Waals surface area contributed by atoms with Gasteiger partial charge in [0.05, 0.1) is 6.61 Å². The Labute approximate surface area is 204 Å². The predicted octanol–water partition coefficient (Wildman–Crippen LogP) is 6.44. The normalized spacial score (nSPS) is 19.7. The topological polar surface area (TPSA) is 15.7 Å². The Balaban J connectivity index is 0.000000459. The molecule has 0 N–H and O–H groups in total. The Morgan fingerprint density at radius 2 is 1.36 bits per heavy atom. The number of para-hydroxylation sites is 1. The fourth-order valence-electron chi connectivity index (χ4n) is 4.96. The van der Waals surface area contributed by atoms with Crippen molar-refractivity contribution in [2.75, 3.05) is 39.3 Å². The highest BCUT2D eigenvalue weighted by Crippen LogP contribution is 2.25. The summed E-state index contributed by atoms with van der Waals surface area (Å²) in [5.74, 6) is 2.68. The molecule has 0 amide bonds. The van der Waals surface area contributed by atoms with Crippen molar-refractivity contribution in [1.82, 2.24) is 9.80 Å². The maximum absolute atomic E-state index is 5.88. The lowest BCUT2D eigenvalue weighted by atomic mass is 9.93. The summed E-state index contributed by atoms with van der Waals surface area (Å²) in [5.41, 5.74) is 1.45. The molecule has 0 saturated carbocycles. The van der Waals surface area contributed by atoms with Crippen LogP contribution in [0.4, 0.5) is 0 Å². The van der Waals surface area contributed by atoms with Crippen molar-refractivity contribution in [2.24, 2.45) is 11.8 Å². The molecular formula is C29H38N2OS. The molecule has 0 aliphatic carbocycles. The Morgan fingerprint density at radius 1 is 0.727 bits per heavy atom. The molecule has 176 valence electrons. The smallest absolute Gasteiger partial charge is 0.119 e. The molecular weight excluding hydrogens is 424 g/mol. The summed E-state index contributed by atoms with van der Waals surface area (Å²) in [4.78, 5) is 5.35. The van der Waals surface area contributed by atoms with Gasteiger partial charge in [-0.3, -0.25) is 4.90 Å². The summed E-state index contributed by atoms with van der Waals surface area (Å²) in [7, 11) is 0. The Kier molecular flexibility index (Phi) is 9.85. The van der Waals surface area contributed by atoms with E-state index in [0.717, 1.165) is 30.7 Å². The molecule has 3 heterocycles. The zero-order valence-electron chi connectivity index (χ0n) is 19.7. The minimum absolute atomic E-state index is 0.832. The first-order valence-electron chi connectivity index (χ1n) is 12.5. The lowest BCUT2D eigenvalue weighted by Gasteiger charge is -2.33. The average Bonchev–Trinajstić information content (AvgIpc) is 3.58. The number of nitrogens with zero attached hydrogens (tertiary/aromatic N) is 2. The summed E-state index contributed by atoms with van der Waals surface area (Å²) in [5, 5.41) is 4.08. The highest BCUT2D eigenvalue weighted by atomic mass is 32.1. The number of thiophene rings is 1. The molecule has 3 aromatic rings. The quantitative estimate of drug-likeness (QED) is 0.383. The van der Waals surface area contributed by atoms with Crippen molar-refractivity contribution in [3.63, 3.8) is 0 Å². The van der Waals surface area contributed by atoms with Gasteiger partial charge in [0.1, 0.15) is 5.75 Å². The van der Waals surface area contributed by atoms with E-state index in [0.29, 0.717) is 0 Å². The minimum Gasteiger partial charge on any atom is -0.494 e. The van der Waals surface area contributed by atoms with Crippen LogP contribution >= 0.6 is 11.3 Å². The SMILES string of the molecule is c1ccc(CN2CCC(CN3CCC(CCOc4ccccc4)CC3)C2)cc1.c1ccsc1. The van der Waals surface area contributed by atoms with Gasteiger partial charge in [-0.15, -0.1) is 0 Å². The van der Waals surface area contributed by atoms with Gasteiger partial charge in [-0.05, 0) is 85.6 Å². The van der Waals surface area contributed by atoms with Gasteiger partial charge < -0.3 is 9.64 Å². The first kappa shape index (κ1) is 24.0. The summed E-state index contributed by atoms with van der Waals surface area (Å²) in [6, 6.07) is 25.2. The van der Waals surface area contributed by atoms with Crippen LogP contribution in [0.5, 0.6) is 5.75 Å². The van der Waals surface area contributed by atoms with Gasteiger partial charge in [-0.1, -0.05) is 60.7 Å². The Morgan fingerprint density at radius 3 is 2.03 bits per heavy atom. The van der Waals surface area contributed by atoms with Crippen molar-refractivity contribution in [3.8, 4) is 5.75 Å². The molecule has 2 saturated heterocycles. The predicted molar refractivity (Wildman–Crippen MR) is 140 cm³/mol. The van der Waals surface area contributed by atoms with Crippen molar-refractivity contribution in [1.29, 1.82) is 0 Å². The Bertz CT molecular complexity index is 846. The van der Waals surface area contributed by atoms with Gasteiger partial charge >= 0.3 is 0 Å². The van der Waals surface area contributed by atoms with Crippen LogP contribution in [0.1, 0.15) is 31.2 Å². The summed E-state index contributed by atoms with van der Waals surface area (Å²) < 4.78 is 5.88. The fraction of sp³-hybridized carbons (Fsp3) is 0.448. The monoisotopic (exact) mass is 462 g/mol. The molecule has 4 heteroatoms. The molecule has 3 nitrogen and oxygen atoms in total. The van der Waals surface area contributed by atoms with Crippen LogP contribution in [0.3, 0.4) is 0 Å². The van der Waals surface area contributed by atoms with E-state index in [1.807, 2.05) is 53.2 Å². The number of likely N-dealkylation sites (tertiary alicyclic amines) is 2. The van der Waals surface area contributed by atoms with E-state index in [1.54, 1.807) is 11.3 Å². The molecule has 0 bridgehead atoms. The summed E-state index contributed by atoms with van der Waals surface area (Å²) >= 11 is 1.71. The zero-order valence-corrected chi connectivity index (χ0v) is 20.5. The largest absolute Gasteiger partial charge is 0.494 e. The minimum atomic E-state index is 0.832. The van der Waals surface area contributed by atoms with Crippen LogP contribution in [0.15, 0.2) is 83.6 Å². The second-order valence-corrected chi connectivity index (χ2v) is 10.2. The van der Waals surface area contributed by atoms with E-state index in [9.17, 15) is 0 Å². The molecule has 2 aromatic carbocycles. The molecule has 5 rings (SSSR count). The van der Waals surface area contributed by atoms with Crippen LogP contribution in [-0.4, -0.2) is 49.1 Å². The van der Waals surface area contributed by atoms with Gasteiger partial charge in [0, 0.05) is 19.6 Å². The average molecular weight is 463 g/mol. The lowest BCUT2D eigenvalue weighted by Crippen LogP contribution is -2.38. The van der Waals surface area contributed by atoms with Crippen molar-refractivity contribution < 1.29 is 4.74 Å². The fourth-order valence-corrected chi connectivity index (χ4v) is 5.41. The van der Waals surface area contributed by atoms with E-state index >= 15 is 0 Å². The Hall–Kier alpha value is -2.14. The third-order valence-electron chi connectivity index (χ3n) is 6.81. The standard InChI is InChI=1S/C25H34N2O.C4H4S/c1-3-7-23(8-4-1)19-27-17-13-24(21-27)20-26-15-11-22(12-16-26)14-18-28-25-9-5-2-6-10-25;1-2-4-5-3-1/h1-10,22,24H,11-21H2;1-4H. The first-order valence-corrected chi connectivity index (χ1v) is 13.4. The molecule has 2 aliphatic rings. The number of hydrogen-bond donors (Lipinski definition) is 0. The second-order valence-electron chi connectivity index (χ2n) is 9.36. The number of piperidine rings is 1. The molecule has 1 unspecified atom stereocenters. The van der Waals surface area contributed by atoms with Crippen LogP contribution in [0.2, 0.25) is 0 Å². The van der Waals surface area contributed by atoms with E-state index in [-0.39, 0.29) is 0 Å². The molecule has 2 fully saturated rings. The highest BCUT2D eigenvalue weighted by Gasteiger charge is 2.26. The van der Waals surface area contributed by atoms with E-state index in [2.05, 4.69) is 40.1 Å². The van der Waals surface area contributed by atoms with E-state index in [4.69, 9.17) is 4.74 Å². The molecule has 2 aliphatic heterocycles. The van der Waals surface area contributed by atoms with E-state index < -0.39 is 0 Å². The highest BCUT2D eigenvalue weighted by molar-refractivity contribution is 7.07. The number of hydrogen-bond acceptors (Lipinski definition) is 4. The number of ether oxygens (including phenoxy) is 1. The summed E-state index contributed by atoms with van der Waals surface area (Å²) in [6.07, 6.45) is 5.21. The van der Waals surface area contributed by atoms with Crippen molar-refractivity contribution in [2.45, 2.75) is 32.2 Å². The zero-order chi connectivity index (χ0) is 22.6. The molecule has 0 radical (unpaired) electrons. The van der Waals surface area contributed by atoms with Gasteiger partial charge in [-0.2, -0.15) is 11.3 Å². The molecule has 0 spiro atoms. The maximum Gasteiger partial charge on any atom is 0.119 e.